The van der Waals surface area contributed by atoms with Gasteiger partial charge in [0.25, 0.3) is 0 Å². The van der Waals surface area contributed by atoms with Crippen molar-refractivity contribution in [1.82, 2.24) is 0 Å². The molecular formula is C35H35NO4SeSi. The molecule has 3 aliphatic heterocycles. The second kappa shape index (κ2) is 8.19. The molecule has 0 radical (unpaired) electrons. The van der Waals surface area contributed by atoms with Gasteiger partial charge in [-0.05, 0) is 0 Å². The van der Waals surface area contributed by atoms with E-state index in [1.165, 1.54) is 58.8 Å². The summed E-state index contributed by atoms with van der Waals surface area (Å²) < 4.78 is 13.4. The molecule has 4 aliphatic carbocycles. The number of carbonyl (C=O) groups excluding carboxylic acids is 2. The first-order chi connectivity index (χ1) is 20.1. The van der Waals surface area contributed by atoms with Crippen molar-refractivity contribution in [2.75, 3.05) is 4.90 Å². The van der Waals surface area contributed by atoms with Crippen molar-refractivity contribution in [3.05, 3.63) is 69.7 Å². The zero-order valence-corrected chi connectivity index (χ0v) is 27.2. The van der Waals surface area contributed by atoms with Crippen molar-refractivity contribution < 1.29 is 19.1 Å². The number of fused-ring (bicyclic) bond motifs is 4. The predicted octanol–water partition coefficient (Wildman–Crippen LogP) is 5.62. The standard InChI is InChI=1S/C35H35NO4SeSi/c1-34(2)39-32(37)24(33(38)40-34)17-23-18-26-31(41-23)36-27-9-5-6-10-28(27)42(3,4)29-11-7-8-25(30(29)36)35(26)21-13-19-12-20(15-21)16-22(35)14-19/h5-11,17-22H,12-16H2,1-4H3. The first-order valence-corrected chi connectivity index (χ1v) is 20.2. The number of para-hydroxylation sites is 2. The van der Waals surface area contributed by atoms with Crippen LogP contribution in [-0.4, -0.2) is 40.3 Å². The summed E-state index contributed by atoms with van der Waals surface area (Å²) in [5, 5.41) is 3.02. The van der Waals surface area contributed by atoms with Crippen LogP contribution < -0.4 is 15.3 Å². The molecule has 10 rings (SSSR count). The van der Waals surface area contributed by atoms with Crippen molar-refractivity contribution in [2.24, 2.45) is 23.7 Å². The van der Waals surface area contributed by atoms with Gasteiger partial charge in [-0.15, -0.1) is 0 Å². The molecule has 0 unspecified atom stereocenters. The van der Waals surface area contributed by atoms with E-state index in [4.69, 9.17) is 9.47 Å². The number of benzene rings is 2. The summed E-state index contributed by atoms with van der Waals surface area (Å²) in [6, 6.07) is 18.6. The third kappa shape index (κ3) is 3.15. The molecule has 4 heterocycles. The van der Waals surface area contributed by atoms with E-state index < -0.39 is 25.8 Å². The Morgan fingerprint density at radius 3 is 2.19 bits per heavy atom. The Morgan fingerprint density at radius 2 is 1.50 bits per heavy atom. The monoisotopic (exact) mass is 641 g/mol. The van der Waals surface area contributed by atoms with Crippen molar-refractivity contribution in [1.29, 1.82) is 0 Å². The van der Waals surface area contributed by atoms with Gasteiger partial charge in [0.05, 0.1) is 0 Å². The molecule has 0 amide bonds. The molecule has 7 aliphatic rings. The number of hydrogen-bond acceptors (Lipinski definition) is 5. The van der Waals surface area contributed by atoms with Gasteiger partial charge in [0.2, 0.25) is 0 Å². The van der Waals surface area contributed by atoms with E-state index in [9.17, 15) is 9.59 Å². The molecule has 0 N–H and O–H groups in total. The van der Waals surface area contributed by atoms with E-state index in [2.05, 4.69) is 66.5 Å². The van der Waals surface area contributed by atoms with E-state index in [1.54, 1.807) is 30.7 Å². The van der Waals surface area contributed by atoms with Crippen molar-refractivity contribution in [3.63, 3.8) is 0 Å². The molecule has 1 spiro atoms. The summed E-state index contributed by atoms with van der Waals surface area (Å²) in [6.07, 6.45) is 8.46. The number of carbonyl (C=O) groups is 2. The molecule has 5 fully saturated rings. The maximum absolute atomic E-state index is 13.0. The van der Waals surface area contributed by atoms with Gasteiger partial charge in [0.15, 0.2) is 0 Å². The van der Waals surface area contributed by atoms with E-state index in [0.717, 1.165) is 16.3 Å². The fourth-order valence-electron chi connectivity index (χ4n) is 10.1. The summed E-state index contributed by atoms with van der Waals surface area (Å²) in [6.45, 7) is 8.23. The van der Waals surface area contributed by atoms with Gasteiger partial charge in [-0.25, -0.2) is 0 Å². The van der Waals surface area contributed by atoms with Gasteiger partial charge >= 0.3 is 254 Å². The molecule has 4 saturated carbocycles. The Balaban J connectivity index is 1.32. The summed E-state index contributed by atoms with van der Waals surface area (Å²) >= 11 is -0.0848. The Labute approximate surface area is 253 Å². The SMILES string of the molecule is CC1(C)OC(=O)C(=Cc2cc3c([se]2)N2c4ccccc4[Si](C)(C)c4cccc(c42)C32C3CC4CC(C3)CC2C4)C(=O)O1. The summed E-state index contributed by atoms with van der Waals surface area (Å²) in [5.74, 6) is 0.567. The molecule has 3 aromatic rings. The molecule has 5 nitrogen and oxygen atoms in total. The normalized spacial score (nSPS) is 32.2. The number of anilines is 3. The minimum atomic E-state index is -1.95. The van der Waals surface area contributed by atoms with Crippen LogP contribution in [0, 0.1) is 23.7 Å². The van der Waals surface area contributed by atoms with Crippen molar-refractivity contribution in [3.8, 4) is 0 Å². The number of esters is 2. The zero-order valence-electron chi connectivity index (χ0n) is 24.5. The minimum absolute atomic E-state index is 0.00105. The predicted molar refractivity (Wildman–Crippen MR) is 167 cm³/mol. The summed E-state index contributed by atoms with van der Waals surface area (Å²) in [4.78, 5) is 28.6. The zero-order chi connectivity index (χ0) is 28.8. The van der Waals surface area contributed by atoms with E-state index in [-0.39, 0.29) is 25.5 Å². The van der Waals surface area contributed by atoms with E-state index >= 15 is 0 Å². The van der Waals surface area contributed by atoms with Gasteiger partial charge in [-0.2, -0.15) is 0 Å². The van der Waals surface area contributed by atoms with Crippen LogP contribution in [-0.2, 0) is 24.5 Å². The molecule has 214 valence electrons. The van der Waals surface area contributed by atoms with E-state index in [0.29, 0.717) is 11.8 Å². The molecule has 42 heavy (non-hydrogen) atoms. The molecule has 1 saturated heterocycles. The topological polar surface area (TPSA) is 55.8 Å². The van der Waals surface area contributed by atoms with Crippen LogP contribution in [0.1, 0.15) is 61.5 Å². The van der Waals surface area contributed by atoms with Crippen LogP contribution in [0.2, 0.25) is 13.1 Å². The van der Waals surface area contributed by atoms with Crippen LogP contribution in [0.25, 0.3) is 6.08 Å². The molecule has 7 heteroatoms. The van der Waals surface area contributed by atoms with Crippen molar-refractivity contribution in [2.45, 2.75) is 70.2 Å². The average molecular weight is 641 g/mol. The van der Waals surface area contributed by atoms with Crippen LogP contribution in [0.3, 0.4) is 0 Å². The Kier molecular flexibility index (Phi) is 5.00. The molecule has 0 atom stereocenters. The molecular weight excluding hydrogens is 605 g/mol. The Bertz CT molecular complexity index is 1720. The number of cyclic esters (lactones) is 2. The third-order valence-electron chi connectivity index (χ3n) is 11.4. The maximum atomic E-state index is 13.0. The average Bonchev–Trinajstić information content (AvgIpc) is 3.35. The van der Waals surface area contributed by atoms with Crippen LogP contribution in [0.5, 0.6) is 0 Å². The molecule has 2 aromatic carbocycles. The van der Waals surface area contributed by atoms with Gasteiger partial charge in [-0.1, -0.05) is 0 Å². The second-order valence-corrected chi connectivity index (χ2v) is 21.0. The number of ether oxygens (including phenoxy) is 2. The quantitative estimate of drug-likeness (QED) is 0.150. The summed E-state index contributed by atoms with van der Waals surface area (Å²) in [5.41, 5.74) is 5.79. The van der Waals surface area contributed by atoms with Gasteiger partial charge in [0.1, 0.15) is 0 Å². The van der Waals surface area contributed by atoms with Crippen LogP contribution >= 0.6 is 0 Å². The number of rotatable bonds is 1. The first-order valence-electron chi connectivity index (χ1n) is 15.4. The fourth-order valence-corrected chi connectivity index (χ4v) is 15.6. The molecule has 1 aromatic heterocycles. The first kappa shape index (κ1) is 25.6. The summed E-state index contributed by atoms with van der Waals surface area (Å²) in [7, 11) is -1.95. The third-order valence-corrected chi connectivity index (χ3v) is 17.2. The van der Waals surface area contributed by atoms with Gasteiger partial charge in [0, 0.05) is 0 Å². The van der Waals surface area contributed by atoms with E-state index in [1.807, 2.05) is 0 Å². The second-order valence-electron chi connectivity index (χ2n) is 14.5. The number of hydrogen-bond donors (Lipinski definition) is 0. The Morgan fingerprint density at radius 1 is 0.857 bits per heavy atom. The van der Waals surface area contributed by atoms with Gasteiger partial charge < -0.3 is 0 Å². The molecule has 4 bridgehead atoms. The van der Waals surface area contributed by atoms with Gasteiger partial charge in [-0.3, -0.25) is 0 Å². The Hall–Kier alpha value is -2.86. The van der Waals surface area contributed by atoms with Crippen molar-refractivity contribution >= 4 is 66.9 Å². The van der Waals surface area contributed by atoms with Crippen LogP contribution in [0.15, 0.2) is 54.1 Å². The number of nitrogens with zero attached hydrogens (tertiary/aromatic N) is 1. The fraction of sp³-hybridized carbons (Fsp3) is 0.429. The van der Waals surface area contributed by atoms with Crippen LogP contribution in [0.4, 0.5) is 15.9 Å².